The molecule has 3 heterocycles. The summed E-state index contributed by atoms with van der Waals surface area (Å²) >= 11 is 0. The van der Waals surface area contributed by atoms with E-state index in [4.69, 9.17) is 23.7 Å². The van der Waals surface area contributed by atoms with E-state index in [1.165, 1.54) is 0 Å². The molecule has 292 valence electrons. The Balaban J connectivity index is 1.19. The molecule has 1 fully saturated rings. The zero-order valence-electron chi connectivity index (χ0n) is 31.8. The summed E-state index contributed by atoms with van der Waals surface area (Å²) < 4.78 is 31.8. The first-order chi connectivity index (χ1) is 26.8. The number of methoxy groups -OCH3 is 1. The number of fused-ring (bicyclic) bond motifs is 4. The SMILES string of the molecule is CNCc1cc2c(c3c1OCCC3)C(O)C(C1COc3c(Cc4cc(O)ccc4-c4cccc(O)c4)cc(OC4CCCC4)cc3C1O)C(CCCOC)O2. The molecule has 0 spiro atoms. The summed E-state index contributed by atoms with van der Waals surface area (Å²) in [5.41, 5.74) is 6.70. The van der Waals surface area contributed by atoms with E-state index in [-0.39, 0.29) is 24.2 Å². The summed E-state index contributed by atoms with van der Waals surface area (Å²) in [6.07, 6.45) is 5.30. The minimum Gasteiger partial charge on any atom is -0.508 e. The lowest BCUT2D eigenvalue weighted by atomic mass is 9.71. The fourth-order valence-electron chi connectivity index (χ4n) is 9.38. The number of phenols is 2. The van der Waals surface area contributed by atoms with E-state index in [0.717, 1.165) is 89.6 Å². The fraction of sp³-hybridized carbons (Fsp3) is 0.467. The Morgan fingerprint density at radius 1 is 0.855 bits per heavy atom. The number of hydrogen-bond acceptors (Lipinski definition) is 10. The van der Waals surface area contributed by atoms with Crippen LogP contribution in [0, 0.1) is 11.8 Å². The average molecular weight is 752 g/mol. The van der Waals surface area contributed by atoms with Crippen LogP contribution in [-0.4, -0.2) is 66.6 Å². The molecule has 0 saturated heterocycles. The lowest BCUT2D eigenvalue weighted by Crippen LogP contribution is -2.46. The van der Waals surface area contributed by atoms with Gasteiger partial charge in [-0.1, -0.05) is 18.2 Å². The molecule has 5 N–H and O–H groups in total. The Morgan fingerprint density at radius 3 is 2.49 bits per heavy atom. The van der Waals surface area contributed by atoms with Crippen LogP contribution < -0.4 is 24.3 Å². The van der Waals surface area contributed by atoms with Crippen molar-refractivity contribution < 1.29 is 44.1 Å². The molecule has 10 heteroatoms. The van der Waals surface area contributed by atoms with Crippen molar-refractivity contribution in [2.75, 3.05) is 34.0 Å². The van der Waals surface area contributed by atoms with Crippen molar-refractivity contribution in [1.82, 2.24) is 5.32 Å². The third kappa shape index (κ3) is 7.57. The molecule has 3 aliphatic heterocycles. The predicted octanol–water partition coefficient (Wildman–Crippen LogP) is 7.30. The quantitative estimate of drug-likeness (QED) is 0.0938. The van der Waals surface area contributed by atoms with Gasteiger partial charge in [-0.2, -0.15) is 0 Å². The van der Waals surface area contributed by atoms with E-state index in [0.29, 0.717) is 55.4 Å². The first-order valence-electron chi connectivity index (χ1n) is 19.9. The van der Waals surface area contributed by atoms with Gasteiger partial charge in [-0.15, -0.1) is 0 Å². The number of aliphatic hydroxyl groups excluding tert-OH is 2. The first-order valence-corrected chi connectivity index (χ1v) is 19.9. The van der Waals surface area contributed by atoms with E-state index >= 15 is 0 Å². The molecule has 1 saturated carbocycles. The van der Waals surface area contributed by atoms with Crippen LogP contribution in [0.15, 0.2) is 60.7 Å². The Bertz CT molecular complexity index is 1990. The molecule has 0 amide bonds. The maximum absolute atomic E-state index is 12.5. The van der Waals surface area contributed by atoms with Crippen LogP contribution in [0.2, 0.25) is 0 Å². The summed E-state index contributed by atoms with van der Waals surface area (Å²) in [6, 6.07) is 18.2. The van der Waals surface area contributed by atoms with E-state index < -0.39 is 30.1 Å². The molecule has 5 unspecified atom stereocenters. The largest absolute Gasteiger partial charge is 0.508 e. The Morgan fingerprint density at radius 2 is 1.69 bits per heavy atom. The smallest absolute Gasteiger partial charge is 0.128 e. The number of hydrogen-bond donors (Lipinski definition) is 5. The number of aromatic hydroxyl groups is 2. The van der Waals surface area contributed by atoms with Crippen LogP contribution in [0.5, 0.6) is 34.5 Å². The number of ether oxygens (including phenoxy) is 5. The zero-order chi connectivity index (χ0) is 38.1. The summed E-state index contributed by atoms with van der Waals surface area (Å²) in [7, 11) is 3.59. The number of nitrogens with one attached hydrogen (secondary N) is 1. The molecular weight excluding hydrogens is 698 g/mol. The van der Waals surface area contributed by atoms with Crippen LogP contribution in [0.1, 0.15) is 90.5 Å². The van der Waals surface area contributed by atoms with Crippen LogP contribution >= 0.6 is 0 Å². The van der Waals surface area contributed by atoms with Crippen molar-refractivity contribution in [3.05, 3.63) is 94.0 Å². The lowest BCUT2D eigenvalue weighted by Gasteiger charge is -2.46. The first kappa shape index (κ1) is 37.4. The number of phenolic OH excluding ortho intramolecular Hbond substituents is 2. The van der Waals surface area contributed by atoms with Gasteiger partial charge in [-0.25, -0.2) is 0 Å². The molecule has 5 atom stereocenters. The third-order valence-corrected chi connectivity index (χ3v) is 11.9. The van der Waals surface area contributed by atoms with Gasteiger partial charge in [-0.05, 0) is 118 Å². The molecule has 0 radical (unpaired) electrons. The predicted molar refractivity (Wildman–Crippen MR) is 208 cm³/mol. The molecule has 8 rings (SSSR count). The number of aliphatic hydroxyl groups is 2. The summed E-state index contributed by atoms with van der Waals surface area (Å²) in [4.78, 5) is 0. The van der Waals surface area contributed by atoms with Crippen molar-refractivity contribution >= 4 is 0 Å². The van der Waals surface area contributed by atoms with Gasteiger partial charge in [0, 0.05) is 66.3 Å². The molecule has 0 aromatic heterocycles. The second kappa shape index (κ2) is 16.3. The molecule has 4 aliphatic rings. The lowest BCUT2D eigenvalue weighted by molar-refractivity contribution is -0.0894. The highest BCUT2D eigenvalue weighted by Crippen LogP contribution is 2.54. The van der Waals surface area contributed by atoms with E-state index in [1.807, 2.05) is 37.4 Å². The van der Waals surface area contributed by atoms with Crippen LogP contribution in [0.3, 0.4) is 0 Å². The van der Waals surface area contributed by atoms with E-state index in [2.05, 4.69) is 5.32 Å². The molecule has 4 aromatic carbocycles. The van der Waals surface area contributed by atoms with Crippen molar-refractivity contribution in [2.24, 2.45) is 11.8 Å². The molecule has 4 aromatic rings. The molecule has 0 bridgehead atoms. The van der Waals surface area contributed by atoms with E-state index in [9.17, 15) is 20.4 Å². The third-order valence-electron chi connectivity index (χ3n) is 11.9. The van der Waals surface area contributed by atoms with Gasteiger partial charge in [0.2, 0.25) is 0 Å². The fourth-order valence-corrected chi connectivity index (χ4v) is 9.38. The topological polar surface area (TPSA) is 139 Å². The van der Waals surface area contributed by atoms with Gasteiger partial charge < -0.3 is 49.4 Å². The van der Waals surface area contributed by atoms with Crippen molar-refractivity contribution in [1.29, 1.82) is 0 Å². The van der Waals surface area contributed by atoms with Gasteiger partial charge in [0.15, 0.2) is 0 Å². The number of benzene rings is 4. The van der Waals surface area contributed by atoms with Gasteiger partial charge in [0.05, 0.1) is 31.5 Å². The summed E-state index contributed by atoms with van der Waals surface area (Å²) in [5, 5.41) is 49.2. The Labute approximate surface area is 323 Å². The van der Waals surface area contributed by atoms with Crippen molar-refractivity contribution in [3.8, 4) is 45.6 Å². The van der Waals surface area contributed by atoms with Crippen LogP contribution in [-0.2, 0) is 24.1 Å². The highest BCUT2D eigenvalue weighted by atomic mass is 16.5. The van der Waals surface area contributed by atoms with Crippen LogP contribution in [0.25, 0.3) is 11.1 Å². The van der Waals surface area contributed by atoms with Gasteiger partial charge >= 0.3 is 0 Å². The van der Waals surface area contributed by atoms with Gasteiger partial charge in [-0.3, -0.25) is 0 Å². The van der Waals surface area contributed by atoms with Gasteiger partial charge in [0.1, 0.15) is 40.6 Å². The maximum Gasteiger partial charge on any atom is 0.128 e. The van der Waals surface area contributed by atoms with Crippen molar-refractivity contribution in [2.45, 2.75) is 88.7 Å². The van der Waals surface area contributed by atoms with Crippen LogP contribution in [0.4, 0.5) is 0 Å². The summed E-state index contributed by atoms with van der Waals surface area (Å²) in [6.45, 7) is 1.96. The molecule has 1 aliphatic carbocycles. The number of rotatable bonds is 12. The Hall–Kier alpha value is -4.48. The highest BCUT2D eigenvalue weighted by molar-refractivity contribution is 5.71. The molecular formula is C45H53NO9. The second-order valence-corrected chi connectivity index (χ2v) is 15.6. The standard InChI is InChI=1S/C45H53NO9/c1-46-24-29-22-39-40(35-12-6-17-52-45(29)35)43(50)41(38(55-39)13-7-16-51-2)37-25-53-44-28(21-33(23-36(44)42(37)49)54-32-10-3-4-11-32)18-27-20-31(48)14-15-34(27)26-8-5-9-30(47)19-26/h5,8-9,14-15,19-23,32,37-38,41-43,46-50H,3-4,6-7,10-13,16-18,24-25H2,1-2H3. The minimum absolute atomic E-state index is 0.0865. The Kier molecular flexibility index (Phi) is 11.1. The maximum atomic E-state index is 12.5. The monoisotopic (exact) mass is 751 g/mol. The molecule has 10 nitrogen and oxygen atoms in total. The highest BCUT2D eigenvalue weighted by Gasteiger charge is 2.49. The zero-order valence-corrected chi connectivity index (χ0v) is 31.8. The summed E-state index contributed by atoms with van der Waals surface area (Å²) in [5.74, 6) is 2.03. The van der Waals surface area contributed by atoms with Crippen molar-refractivity contribution in [3.63, 3.8) is 0 Å². The van der Waals surface area contributed by atoms with E-state index in [1.54, 1.807) is 37.4 Å². The minimum atomic E-state index is -0.991. The average Bonchev–Trinajstić information content (AvgIpc) is 3.69. The normalized spacial score (nSPS) is 23.2. The second-order valence-electron chi connectivity index (χ2n) is 15.6. The molecule has 55 heavy (non-hydrogen) atoms. The van der Waals surface area contributed by atoms with Gasteiger partial charge in [0.25, 0.3) is 0 Å².